The second-order valence-electron chi connectivity index (χ2n) is 5.08. The van der Waals surface area contributed by atoms with Crippen molar-refractivity contribution >= 4 is 10.0 Å². The minimum Gasteiger partial charge on any atom is -0.316 e. The number of rotatable bonds is 4. The zero-order chi connectivity index (χ0) is 14.9. The molecule has 1 aliphatic rings. The number of sulfonamides is 1. The molecule has 2 heterocycles. The van der Waals surface area contributed by atoms with Crippen LogP contribution in [0.2, 0.25) is 0 Å². The van der Waals surface area contributed by atoms with Crippen LogP contribution in [0.4, 0.5) is 0 Å². The molecule has 0 unspecified atom stereocenters. The van der Waals surface area contributed by atoms with E-state index < -0.39 is 10.0 Å². The Hall–Kier alpha value is -1.76. The fourth-order valence-electron chi connectivity index (χ4n) is 2.48. The number of nitrogens with zero attached hydrogens (tertiary/aromatic N) is 2. The summed E-state index contributed by atoms with van der Waals surface area (Å²) in [5, 5.41) is 3.12. The van der Waals surface area contributed by atoms with Crippen LogP contribution in [0.25, 0.3) is 0 Å². The van der Waals surface area contributed by atoms with Gasteiger partial charge in [0.05, 0.1) is 0 Å². The van der Waals surface area contributed by atoms with Gasteiger partial charge >= 0.3 is 0 Å². The molecule has 0 radical (unpaired) electrons. The van der Waals surface area contributed by atoms with Gasteiger partial charge in [-0.3, -0.25) is 0 Å². The third-order valence-electron chi connectivity index (χ3n) is 3.59. The highest BCUT2D eigenvalue weighted by Crippen LogP contribution is 2.27. The van der Waals surface area contributed by atoms with E-state index >= 15 is 0 Å². The maximum Gasteiger partial charge on any atom is 0.261 e. The number of benzene rings is 1. The molecule has 1 aromatic heterocycles. The minimum absolute atomic E-state index is 0.107. The first-order valence-electron chi connectivity index (χ1n) is 6.78. The van der Waals surface area contributed by atoms with E-state index in [0.717, 1.165) is 16.7 Å². The number of aromatic nitrogens is 1. The zero-order valence-electron chi connectivity index (χ0n) is 11.8. The van der Waals surface area contributed by atoms with Gasteiger partial charge in [-0.15, -0.1) is 0 Å². The van der Waals surface area contributed by atoms with E-state index in [2.05, 4.69) is 10.3 Å². The molecule has 0 saturated carbocycles. The molecule has 0 fully saturated rings. The highest BCUT2D eigenvalue weighted by molar-refractivity contribution is 7.89. The fourth-order valence-corrected chi connectivity index (χ4v) is 3.78. The van der Waals surface area contributed by atoms with Gasteiger partial charge in [-0.2, -0.15) is 4.31 Å². The van der Waals surface area contributed by atoms with Crippen molar-refractivity contribution in [2.45, 2.75) is 24.7 Å². The van der Waals surface area contributed by atoms with E-state index in [4.69, 9.17) is 0 Å². The Kier molecular flexibility index (Phi) is 3.75. The normalized spacial score (nSPS) is 15.1. The summed E-state index contributed by atoms with van der Waals surface area (Å²) >= 11 is 0. The summed E-state index contributed by atoms with van der Waals surface area (Å²) in [7, 11) is -1.70. The SMILES string of the molecule is CNCc1ccc(S(=O)(=O)N2Cc3ccccc3C2)nc1. The average Bonchev–Trinajstić information content (AvgIpc) is 2.93. The molecule has 1 aromatic carbocycles. The highest BCUT2D eigenvalue weighted by Gasteiger charge is 2.31. The van der Waals surface area contributed by atoms with Gasteiger partial charge in [-0.25, -0.2) is 13.4 Å². The molecule has 2 aromatic rings. The van der Waals surface area contributed by atoms with Gasteiger partial charge in [0.25, 0.3) is 10.0 Å². The molecule has 21 heavy (non-hydrogen) atoms. The quantitative estimate of drug-likeness (QED) is 0.930. The first kappa shape index (κ1) is 14.2. The Bertz CT molecular complexity index is 717. The van der Waals surface area contributed by atoms with Gasteiger partial charge in [0.1, 0.15) is 0 Å². The molecule has 0 bridgehead atoms. The topological polar surface area (TPSA) is 62.3 Å². The lowest BCUT2D eigenvalue weighted by Crippen LogP contribution is -2.26. The third-order valence-corrected chi connectivity index (χ3v) is 5.30. The van der Waals surface area contributed by atoms with E-state index in [1.165, 1.54) is 4.31 Å². The highest BCUT2D eigenvalue weighted by atomic mass is 32.2. The molecule has 3 rings (SSSR count). The van der Waals surface area contributed by atoms with Crippen molar-refractivity contribution < 1.29 is 8.42 Å². The molecule has 0 amide bonds. The van der Waals surface area contributed by atoms with Gasteiger partial charge < -0.3 is 5.32 Å². The fraction of sp³-hybridized carbons (Fsp3) is 0.267. The molecule has 1 N–H and O–H groups in total. The lowest BCUT2D eigenvalue weighted by Gasteiger charge is -2.15. The Morgan fingerprint density at radius 1 is 1.14 bits per heavy atom. The Labute approximate surface area is 124 Å². The van der Waals surface area contributed by atoms with Gasteiger partial charge in [0, 0.05) is 25.8 Å². The van der Waals surface area contributed by atoms with Gasteiger partial charge in [0.15, 0.2) is 5.03 Å². The summed E-state index contributed by atoms with van der Waals surface area (Å²) < 4.78 is 26.7. The Morgan fingerprint density at radius 3 is 2.33 bits per heavy atom. The number of hydrogen-bond donors (Lipinski definition) is 1. The van der Waals surface area contributed by atoms with Gasteiger partial charge in [-0.1, -0.05) is 30.3 Å². The van der Waals surface area contributed by atoms with Crippen molar-refractivity contribution in [2.24, 2.45) is 0 Å². The minimum atomic E-state index is -3.54. The predicted molar refractivity (Wildman–Crippen MR) is 79.9 cm³/mol. The molecule has 0 atom stereocenters. The standard InChI is InChI=1S/C15H17N3O2S/c1-16-8-12-6-7-15(17-9-12)21(19,20)18-10-13-4-2-3-5-14(13)11-18/h2-7,9,16H,8,10-11H2,1H3. The number of nitrogens with one attached hydrogen (secondary N) is 1. The molecule has 0 aliphatic carbocycles. The zero-order valence-corrected chi connectivity index (χ0v) is 12.6. The number of hydrogen-bond acceptors (Lipinski definition) is 4. The lowest BCUT2D eigenvalue weighted by molar-refractivity contribution is 0.429. The summed E-state index contributed by atoms with van der Waals surface area (Å²) in [5.41, 5.74) is 3.09. The van der Waals surface area contributed by atoms with Crippen molar-refractivity contribution in [1.82, 2.24) is 14.6 Å². The predicted octanol–water partition coefficient (Wildman–Crippen LogP) is 1.51. The average molecular weight is 303 g/mol. The molecule has 6 heteroatoms. The largest absolute Gasteiger partial charge is 0.316 e. The van der Waals surface area contributed by atoms with E-state index in [0.29, 0.717) is 19.6 Å². The maximum absolute atomic E-state index is 12.6. The first-order chi connectivity index (χ1) is 10.1. The van der Waals surface area contributed by atoms with Crippen molar-refractivity contribution in [3.8, 4) is 0 Å². The van der Waals surface area contributed by atoms with Crippen LogP contribution in [0.5, 0.6) is 0 Å². The van der Waals surface area contributed by atoms with Gasteiger partial charge in [0.2, 0.25) is 0 Å². The third kappa shape index (κ3) is 2.70. The molecule has 5 nitrogen and oxygen atoms in total. The van der Waals surface area contributed by atoms with E-state index in [1.807, 2.05) is 31.3 Å². The van der Waals surface area contributed by atoms with E-state index in [-0.39, 0.29) is 5.03 Å². The van der Waals surface area contributed by atoms with Crippen LogP contribution in [0.3, 0.4) is 0 Å². The Morgan fingerprint density at radius 2 is 1.81 bits per heavy atom. The van der Waals surface area contributed by atoms with Crippen LogP contribution >= 0.6 is 0 Å². The molecular formula is C15H17N3O2S. The summed E-state index contributed by atoms with van der Waals surface area (Å²) in [6.07, 6.45) is 1.60. The van der Waals surface area contributed by atoms with Crippen molar-refractivity contribution in [2.75, 3.05) is 7.05 Å². The molecule has 110 valence electrons. The number of pyridine rings is 1. The monoisotopic (exact) mass is 303 g/mol. The van der Waals surface area contributed by atoms with E-state index in [1.54, 1.807) is 18.3 Å². The van der Waals surface area contributed by atoms with Crippen LogP contribution in [0.1, 0.15) is 16.7 Å². The maximum atomic E-state index is 12.6. The summed E-state index contributed by atoms with van der Waals surface area (Å²) in [5.74, 6) is 0. The number of fused-ring (bicyclic) bond motifs is 1. The smallest absolute Gasteiger partial charge is 0.261 e. The van der Waals surface area contributed by atoms with Crippen LogP contribution < -0.4 is 5.32 Å². The molecular weight excluding hydrogens is 286 g/mol. The summed E-state index contributed by atoms with van der Waals surface area (Å²) in [4.78, 5) is 4.11. The van der Waals surface area contributed by atoms with Gasteiger partial charge in [-0.05, 0) is 29.8 Å². The van der Waals surface area contributed by atoms with Crippen molar-refractivity contribution in [1.29, 1.82) is 0 Å². The second kappa shape index (κ2) is 5.55. The second-order valence-corrected chi connectivity index (χ2v) is 6.96. The Balaban J connectivity index is 1.85. The van der Waals surface area contributed by atoms with Crippen LogP contribution in [0.15, 0.2) is 47.6 Å². The van der Waals surface area contributed by atoms with Crippen molar-refractivity contribution in [3.63, 3.8) is 0 Å². The molecule has 1 aliphatic heterocycles. The van der Waals surface area contributed by atoms with Crippen LogP contribution in [-0.4, -0.2) is 24.8 Å². The summed E-state index contributed by atoms with van der Waals surface area (Å²) in [6.45, 7) is 1.50. The molecule has 0 spiro atoms. The van der Waals surface area contributed by atoms with E-state index in [9.17, 15) is 8.42 Å². The van der Waals surface area contributed by atoms with Crippen LogP contribution in [-0.2, 0) is 29.7 Å². The van der Waals surface area contributed by atoms with Crippen LogP contribution in [0, 0.1) is 0 Å². The lowest BCUT2D eigenvalue weighted by atomic mass is 10.1. The first-order valence-corrected chi connectivity index (χ1v) is 8.22. The summed E-state index contributed by atoms with van der Waals surface area (Å²) in [6, 6.07) is 11.2. The van der Waals surface area contributed by atoms with Crippen molar-refractivity contribution in [3.05, 3.63) is 59.3 Å². The molecule has 0 saturated heterocycles.